The number of carbonyl (C=O) groups is 2. The molecule has 0 saturated carbocycles. The molecule has 1 heterocycles. The number of sulfonamides is 1. The molecule has 1 aliphatic heterocycles. The van der Waals surface area contributed by atoms with Crippen molar-refractivity contribution in [2.75, 3.05) is 32.6 Å². The van der Waals surface area contributed by atoms with E-state index in [1.54, 1.807) is 19.1 Å². The van der Waals surface area contributed by atoms with Gasteiger partial charge in [-0.1, -0.05) is 24.8 Å². The number of amides is 2. The van der Waals surface area contributed by atoms with Gasteiger partial charge in [0.1, 0.15) is 29.3 Å². The lowest BCUT2D eigenvalue weighted by molar-refractivity contribution is -0.118. The van der Waals surface area contributed by atoms with Gasteiger partial charge in [0.15, 0.2) is 0 Å². The molecule has 0 bridgehead atoms. The number of piperazine rings is 1. The maximum atomic E-state index is 15.6. The van der Waals surface area contributed by atoms with Crippen molar-refractivity contribution in [1.82, 2.24) is 14.9 Å². The summed E-state index contributed by atoms with van der Waals surface area (Å²) >= 11 is 0. The highest BCUT2D eigenvalue weighted by Crippen LogP contribution is 2.32. The highest BCUT2D eigenvalue weighted by molar-refractivity contribution is 7.89. The van der Waals surface area contributed by atoms with E-state index in [1.165, 1.54) is 53.9 Å². The molecule has 0 unspecified atom stereocenters. The molecule has 53 heavy (non-hydrogen) atoms. The van der Waals surface area contributed by atoms with E-state index in [2.05, 4.69) is 22.5 Å². The highest BCUT2D eigenvalue weighted by atomic mass is 32.2. The van der Waals surface area contributed by atoms with Crippen molar-refractivity contribution in [3.05, 3.63) is 125 Å². The van der Waals surface area contributed by atoms with Gasteiger partial charge < -0.3 is 25.4 Å². The van der Waals surface area contributed by atoms with Gasteiger partial charge in [0.25, 0.3) is 0 Å². The van der Waals surface area contributed by atoms with Gasteiger partial charge >= 0.3 is 6.09 Å². The molecule has 3 N–H and O–H groups in total. The van der Waals surface area contributed by atoms with E-state index in [0.717, 1.165) is 32.2 Å². The van der Waals surface area contributed by atoms with Crippen molar-refractivity contribution in [2.45, 2.75) is 55.6 Å². The normalized spacial score (nSPS) is 18.1. The number of hydrogen-bond acceptors (Lipinski definition) is 7. The average Bonchev–Trinajstić information content (AvgIpc) is 3.11. The third kappa shape index (κ3) is 10.3. The van der Waals surface area contributed by atoms with E-state index in [9.17, 15) is 31.2 Å². The minimum Gasteiger partial charge on any atom is -0.497 e. The molecule has 0 radical (unpaired) electrons. The molecule has 4 rings (SSSR count). The quantitative estimate of drug-likeness (QED) is 0.124. The smallest absolute Gasteiger partial charge is 0.407 e. The zero-order chi connectivity index (χ0) is 38.9. The summed E-state index contributed by atoms with van der Waals surface area (Å²) < 4.78 is 96.7. The standard InChI is InChI=1S/C38H42F4N4O6S/c1-23(19-28(41)20-24(2)39)35(26-9-11-27(40)12-10-26)36(45-38(48)52-5)37(47)44-34-8-6-7-33(42)32(34)18-13-29-22-43-21-25(3)46(29)53(49,50)31-16-14-30(51-4)15-17-31/h6-12,14-17,19-20,25,29,35-36,43H,1,13,18,21-22H2,2-5H3,(H,44,47)(H,45,48)/b24-20+,28-19+/t25-,29-,35+,36-/m0/s1. The van der Waals surface area contributed by atoms with Crippen LogP contribution < -0.4 is 20.7 Å². The van der Waals surface area contributed by atoms with Gasteiger partial charge in [0.05, 0.1) is 24.9 Å². The second-order valence-corrected chi connectivity index (χ2v) is 14.3. The molecule has 0 spiro atoms. The molecule has 1 saturated heterocycles. The summed E-state index contributed by atoms with van der Waals surface area (Å²) in [5.41, 5.74) is 0.216. The zero-order valence-corrected chi connectivity index (χ0v) is 30.5. The third-order valence-corrected chi connectivity index (χ3v) is 10.8. The van der Waals surface area contributed by atoms with Crippen LogP contribution in [0.1, 0.15) is 37.3 Å². The first-order chi connectivity index (χ1) is 25.2. The van der Waals surface area contributed by atoms with E-state index in [1.807, 2.05) is 0 Å². The summed E-state index contributed by atoms with van der Waals surface area (Å²) in [7, 11) is -1.45. The zero-order valence-electron chi connectivity index (χ0n) is 29.7. The molecule has 0 aromatic heterocycles. The van der Waals surface area contributed by atoms with Crippen LogP contribution in [0.25, 0.3) is 0 Å². The fraction of sp³-hybridized carbons (Fsp3) is 0.316. The lowest BCUT2D eigenvalue weighted by Gasteiger charge is -2.40. The Kier molecular flexibility index (Phi) is 14.0. The predicted octanol–water partition coefficient (Wildman–Crippen LogP) is 6.69. The third-order valence-electron chi connectivity index (χ3n) is 8.72. The molecule has 4 atom stereocenters. The number of nitrogens with zero attached hydrogens (tertiary/aromatic N) is 1. The Bertz CT molecular complexity index is 1950. The Morgan fingerprint density at radius 3 is 2.32 bits per heavy atom. The van der Waals surface area contributed by atoms with Crippen molar-refractivity contribution >= 4 is 27.7 Å². The van der Waals surface area contributed by atoms with Crippen LogP contribution in [-0.2, 0) is 26.0 Å². The number of allylic oxidation sites excluding steroid dienone is 4. The van der Waals surface area contributed by atoms with Gasteiger partial charge in [-0.3, -0.25) is 4.79 Å². The number of rotatable bonds is 14. The molecule has 15 heteroatoms. The first kappa shape index (κ1) is 40.8. The minimum atomic E-state index is -3.98. The summed E-state index contributed by atoms with van der Waals surface area (Å²) in [4.78, 5) is 26.7. The number of benzene rings is 3. The van der Waals surface area contributed by atoms with Crippen LogP contribution in [0.5, 0.6) is 5.75 Å². The van der Waals surface area contributed by atoms with Crippen molar-refractivity contribution in [3.8, 4) is 5.75 Å². The van der Waals surface area contributed by atoms with Crippen molar-refractivity contribution in [3.63, 3.8) is 0 Å². The molecular formula is C38H42F4N4O6S. The van der Waals surface area contributed by atoms with Gasteiger partial charge in [0.2, 0.25) is 15.9 Å². The highest BCUT2D eigenvalue weighted by Gasteiger charge is 2.38. The Morgan fingerprint density at radius 2 is 1.70 bits per heavy atom. The number of anilines is 1. The number of halogens is 4. The summed E-state index contributed by atoms with van der Waals surface area (Å²) in [6.07, 6.45) is 0.559. The van der Waals surface area contributed by atoms with Gasteiger partial charge in [-0.2, -0.15) is 4.31 Å². The van der Waals surface area contributed by atoms with Crippen LogP contribution in [0.15, 0.2) is 108 Å². The van der Waals surface area contributed by atoms with Crippen LogP contribution in [0.2, 0.25) is 0 Å². The first-order valence-corrected chi connectivity index (χ1v) is 18.1. The molecule has 3 aromatic rings. The Labute approximate surface area is 306 Å². The Hall–Kier alpha value is -4.99. The number of nitrogens with one attached hydrogen (secondary N) is 3. The van der Waals surface area contributed by atoms with Gasteiger partial charge in [-0.25, -0.2) is 30.8 Å². The number of hydrogen-bond donors (Lipinski definition) is 3. The van der Waals surface area contributed by atoms with Gasteiger partial charge in [-0.05, 0) is 92.4 Å². The molecule has 1 fully saturated rings. The molecule has 284 valence electrons. The van der Waals surface area contributed by atoms with E-state index in [0.29, 0.717) is 18.4 Å². The van der Waals surface area contributed by atoms with E-state index in [-0.39, 0.29) is 46.7 Å². The lowest BCUT2D eigenvalue weighted by atomic mass is 9.84. The lowest BCUT2D eigenvalue weighted by Crippen LogP contribution is -2.58. The number of carbonyl (C=O) groups excluding carboxylic acids is 2. The van der Waals surface area contributed by atoms with E-state index in [4.69, 9.17) is 9.47 Å². The van der Waals surface area contributed by atoms with Crippen molar-refractivity contribution < 1.29 is 45.0 Å². The summed E-state index contributed by atoms with van der Waals surface area (Å²) in [5, 5.41) is 8.29. The van der Waals surface area contributed by atoms with Crippen LogP contribution in [-0.4, -0.2) is 70.2 Å². The van der Waals surface area contributed by atoms with Crippen LogP contribution in [0.4, 0.5) is 28.0 Å². The van der Waals surface area contributed by atoms with Crippen LogP contribution in [0.3, 0.4) is 0 Å². The summed E-state index contributed by atoms with van der Waals surface area (Å²) in [6, 6.07) is 12.2. The fourth-order valence-corrected chi connectivity index (χ4v) is 8.10. The monoisotopic (exact) mass is 758 g/mol. The van der Waals surface area contributed by atoms with E-state index < -0.39 is 69.4 Å². The second-order valence-electron chi connectivity index (χ2n) is 12.4. The largest absolute Gasteiger partial charge is 0.497 e. The maximum Gasteiger partial charge on any atom is 0.407 e. The second kappa shape index (κ2) is 18.2. The molecular weight excluding hydrogens is 716 g/mol. The topological polar surface area (TPSA) is 126 Å². The minimum absolute atomic E-state index is 0.0119. The first-order valence-electron chi connectivity index (χ1n) is 16.6. The van der Waals surface area contributed by atoms with Gasteiger partial charge in [-0.15, -0.1) is 0 Å². The SMILES string of the molecule is C=C(/C=C(F)\C=C(/C)F)[C@H](c1ccc(F)cc1)[C@H](NC(=O)OC)C(=O)Nc1cccc(F)c1CC[C@H]1CNC[C@H](C)N1S(=O)(=O)c1ccc(OC)cc1. The van der Waals surface area contributed by atoms with Crippen LogP contribution in [0, 0.1) is 11.6 Å². The summed E-state index contributed by atoms with van der Waals surface area (Å²) in [5.74, 6) is -4.84. The summed E-state index contributed by atoms with van der Waals surface area (Å²) in [6.45, 7) is 7.33. The van der Waals surface area contributed by atoms with Crippen LogP contribution >= 0.6 is 0 Å². The van der Waals surface area contributed by atoms with Crippen molar-refractivity contribution in [2.24, 2.45) is 0 Å². The fourth-order valence-electron chi connectivity index (χ4n) is 6.26. The van der Waals surface area contributed by atoms with Gasteiger partial charge in [0, 0.05) is 48.4 Å². The molecule has 10 nitrogen and oxygen atoms in total. The van der Waals surface area contributed by atoms with Crippen molar-refractivity contribution in [1.29, 1.82) is 0 Å². The number of ether oxygens (including phenoxy) is 2. The average molecular weight is 759 g/mol. The number of alkyl carbamates (subject to hydrolysis) is 1. The molecule has 3 aromatic carbocycles. The predicted molar refractivity (Wildman–Crippen MR) is 193 cm³/mol. The Morgan fingerprint density at radius 1 is 1.02 bits per heavy atom. The maximum absolute atomic E-state index is 15.6. The number of methoxy groups -OCH3 is 2. The van der Waals surface area contributed by atoms with E-state index >= 15 is 4.39 Å². The molecule has 1 aliphatic rings. The Balaban J connectivity index is 1.67. The molecule has 0 aliphatic carbocycles. The molecule has 2 amide bonds.